The van der Waals surface area contributed by atoms with Crippen molar-refractivity contribution >= 4 is 65.9 Å². The van der Waals surface area contributed by atoms with Crippen LogP contribution in [-0.4, -0.2) is 131 Å². The maximum absolute atomic E-state index is 13.5. The molecule has 0 aliphatic rings. The summed E-state index contributed by atoms with van der Waals surface area (Å²) in [5.74, 6) is -8.50. The van der Waals surface area contributed by atoms with Gasteiger partial charge in [-0.05, 0) is 43.6 Å². The van der Waals surface area contributed by atoms with Gasteiger partial charge in [0.25, 0.3) is 0 Å². The van der Waals surface area contributed by atoms with Gasteiger partial charge in [0.05, 0.1) is 19.2 Å². The first-order valence-corrected chi connectivity index (χ1v) is 21.4. The van der Waals surface area contributed by atoms with Crippen molar-refractivity contribution in [3.63, 3.8) is 0 Å². The number of thiol groups is 1. The standard InChI is InChI=1S/C41H67N9O11S/c1-9-22(5)32(49-36(55)27(16-21(3)4)45-34(53)24(7)42)39(58)43-18-31(52)44-25(8)35(54)47-29(19-51)37(56)50-33(23(6)10-2)40(59)48-30(20-62)38(57)46-28(41(60)61)17-26-14-12-11-13-15-26/h11-15,21-25,27-30,32-33,51,62H,9-10,16-20,42H2,1-8H3,(H,43,58)(H,44,52)(H,45,53)(H,46,57)(H,47,54)(H,48,59)(H,49,55)(H,50,56)(H,60,61)/t22-,23-,24-,25-,27-,28-,29-,30-,32-,33-/m0/s1. The Morgan fingerprint density at radius 3 is 1.58 bits per heavy atom. The normalized spacial score (nSPS) is 15.9. The number of aliphatic hydroxyl groups is 1. The van der Waals surface area contributed by atoms with Crippen LogP contribution in [0.25, 0.3) is 0 Å². The molecule has 21 heteroatoms. The number of nitrogens with two attached hydrogens (primary N) is 1. The zero-order valence-electron chi connectivity index (χ0n) is 36.8. The molecule has 0 saturated heterocycles. The van der Waals surface area contributed by atoms with E-state index in [2.05, 4.69) is 55.2 Å². The largest absolute Gasteiger partial charge is 0.480 e. The van der Waals surface area contributed by atoms with Crippen LogP contribution in [0.3, 0.4) is 0 Å². The molecule has 0 aromatic heterocycles. The van der Waals surface area contributed by atoms with Gasteiger partial charge in [-0.2, -0.15) is 12.6 Å². The summed E-state index contributed by atoms with van der Waals surface area (Å²) in [5, 5.41) is 39.6. The molecule has 0 bridgehead atoms. The molecule has 1 aromatic carbocycles. The predicted molar refractivity (Wildman–Crippen MR) is 233 cm³/mol. The Hall–Kier alpha value is -5.28. The number of carbonyl (C=O) groups excluding carboxylic acids is 8. The lowest BCUT2D eigenvalue weighted by Crippen LogP contribution is -2.61. The third kappa shape index (κ3) is 18.8. The van der Waals surface area contributed by atoms with Gasteiger partial charge in [-0.15, -0.1) is 0 Å². The first kappa shape index (κ1) is 54.7. The number of carboxylic acids is 1. The smallest absolute Gasteiger partial charge is 0.326 e. The SMILES string of the molecule is CC[C@H](C)[C@H](NC(=O)[C@H](CC(C)C)NC(=O)[C@H](C)N)C(=O)NCC(=O)N[C@@H](C)C(=O)N[C@@H](CO)C(=O)N[C@H](C(=O)N[C@@H](CS)C(=O)N[C@@H](Cc1ccccc1)C(=O)O)[C@@H](C)CC. The van der Waals surface area contributed by atoms with Crippen molar-refractivity contribution in [2.75, 3.05) is 18.9 Å². The molecule has 1 aromatic rings. The number of aliphatic hydroxyl groups excluding tert-OH is 1. The number of rotatable bonds is 27. The van der Waals surface area contributed by atoms with E-state index in [1.165, 1.54) is 13.8 Å². The molecule has 1 rings (SSSR count). The lowest BCUT2D eigenvalue weighted by molar-refractivity contribution is -0.142. The Morgan fingerprint density at radius 1 is 0.613 bits per heavy atom. The summed E-state index contributed by atoms with van der Waals surface area (Å²) in [7, 11) is 0. The third-order valence-corrected chi connectivity index (χ3v) is 10.4. The molecule has 8 amide bonds. The van der Waals surface area contributed by atoms with E-state index in [1.807, 2.05) is 13.8 Å². The third-order valence-electron chi connectivity index (χ3n) is 10.1. The molecule has 0 saturated carbocycles. The summed E-state index contributed by atoms with van der Waals surface area (Å²) in [6.45, 7) is 11.9. The van der Waals surface area contributed by atoms with E-state index >= 15 is 0 Å². The number of hydrogen-bond donors (Lipinski definition) is 12. The first-order chi connectivity index (χ1) is 29.1. The maximum Gasteiger partial charge on any atom is 0.326 e. The van der Waals surface area contributed by atoms with Gasteiger partial charge >= 0.3 is 5.97 Å². The Labute approximate surface area is 368 Å². The van der Waals surface area contributed by atoms with Crippen LogP contribution >= 0.6 is 12.6 Å². The second-order valence-electron chi connectivity index (χ2n) is 15.8. The van der Waals surface area contributed by atoms with Gasteiger partial charge in [0.1, 0.15) is 42.3 Å². The van der Waals surface area contributed by atoms with Crippen LogP contribution in [0.4, 0.5) is 0 Å². The Morgan fingerprint density at radius 2 is 1.10 bits per heavy atom. The number of hydrogen-bond acceptors (Lipinski definition) is 12. The van der Waals surface area contributed by atoms with Crippen LogP contribution in [-0.2, 0) is 49.6 Å². The molecule has 20 nitrogen and oxygen atoms in total. The van der Waals surface area contributed by atoms with E-state index in [0.29, 0.717) is 18.4 Å². The molecule has 10 atom stereocenters. The number of aliphatic carboxylic acids is 1. The van der Waals surface area contributed by atoms with Gasteiger partial charge in [0, 0.05) is 12.2 Å². The van der Waals surface area contributed by atoms with Crippen molar-refractivity contribution in [2.45, 2.75) is 129 Å². The fourth-order valence-corrected chi connectivity index (χ4v) is 6.08. The first-order valence-electron chi connectivity index (χ1n) is 20.7. The van der Waals surface area contributed by atoms with Crippen LogP contribution in [0.5, 0.6) is 0 Å². The van der Waals surface area contributed by atoms with Crippen LogP contribution in [0.15, 0.2) is 30.3 Å². The van der Waals surface area contributed by atoms with Crippen LogP contribution < -0.4 is 48.3 Å². The molecule has 0 radical (unpaired) electrons. The number of amides is 8. The lowest BCUT2D eigenvalue weighted by atomic mass is 9.96. The van der Waals surface area contributed by atoms with Gasteiger partial charge in [-0.3, -0.25) is 38.4 Å². The Bertz CT molecular complexity index is 1680. The van der Waals surface area contributed by atoms with E-state index < -0.39 is 121 Å². The molecule has 62 heavy (non-hydrogen) atoms. The molecule has 0 fully saturated rings. The molecule has 0 aliphatic carbocycles. The average molecular weight is 894 g/mol. The minimum absolute atomic E-state index is 0.0132. The fraction of sp³-hybridized carbons (Fsp3) is 0.634. The van der Waals surface area contributed by atoms with Gasteiger partial charge in [-0.25, -0.2) is 4.79 Å². The van der Waals surface area contributed by atoms with E-state index in [9.17, 15) is 53.4 Å². The quantitative estimate of drug-likeness (QED) is 0.0438. The topological polar surface area (TPSA) is 316 Å². The summed E-state index contributed by atoms with van der Waals surface area (Å²) in [5.41, 5.74) is 6.32. The van der Waals surface area contributed by atoms with E-state index in [1.54, 1.807) is 58.0 Å². The highest BCUT2D eigenvalue weighted by Gasteiger charge is 2.34. The van der Waals surface area contributed by atoms with Crippen LogP contribution in [0, 0.1) is 17.8 Å². The molecule has 348 valence electrons. The van der Waals surface area contributed by atoms with Gasteiger partial charge in [0.15, 0.2) is 0 Å². The van der Waals surface area contributed by atoms with Crippen molar-refractivity contribution in [2.24, 2.45) is 23.5 Å². The zero-order valence-corrected chi connectivity index (χ0v) is 37.7. The van der Waals surface area contributed by atoms with E-state index in [0.717, 1.165) is 0 Å². The minimum atomic E-state index is -1.59. The minimum Gasteiger partial charge on any atom is -0.480 e. The molecule has 0 spiro atoms. The molecular weight excluding hydrogens is 827 g/mol. The van der Waals surface area contributed by atoms with Crippen molar-refractivity contribution in [1.82, 2.24) is 42.5 Å². The molecule has 12 N–H and O–H groups in total. The summed E-state index contributed by atoms with van der Waals surface area (Å²) >= 11 is 4.16. The lowest BCUT2D eigenvalue weighted by Gasteiger charge is -2.28. The average Bonchev–Trinajstić information content (AvgIpc) is 3.23. The molecule has 0 aliphatic heterocycles. The Balaban J connectivity index is 2.92. The molecule has 0 heterocycles. The van der Waals surface area contributed by atoms with Crippen LogP contribution in [0.1, 0.15) is 80.2 Å². The fourth-order valence-electron chi connectivity index (χ4n) is 5.82. The summed E-state index contributed by atoms with van der Waals surface area (Å²) in [6.07, 6.45) is 1.11. The molecule has 0 unspecified atom stereocenters. The molecular formula is C41H67N9O11S. The number of nitrogens with one attached hydrogen (secondary N) is 8. The van der Waals surface area contributed by atoms with Crippen molar-refractivity contribution < 1.29 is 53.4 Å². The summed E-state index contributed by atoms with van der Waals surface area (Å²) in [4.78, 5) is 116. The van der Waals surface area contributed by atoms with Crippen molar-refractivity contribution in [1.29, 1.82) is 0 Å². The van der Waals surface area contributed by atoms with Crippen molar-refractivity contribution in [3.8, 4) is 0 Å². The summed E-state index contributed by atoms with van der Waals surface area (Å²) < 4.78 is 0. The maximum atomic E-state index is 13.5. The Kier molecular flexibility index (Phi) is 24.4. The number of carboxylic acid groups (broad SMARTS) is 1. The van der Waals surface area contributed by atoms with E-state index in [-0.39, 0.29) is 30.4 Å². The van der Waals surface area contributed by atoms with Crippen LogP contribution in [0.2, 0.25) is 0 Å². The zero-order chi connectivity index (χ0) is 47.3. The van der Waals surface area contributed by atoms with Gasteiger partial charge in [-0.1, -0.05) is 84.7 Å². The highest BCUT2D eigenvalue weighted by atomic mass is 32.1. The van der Waals surface area contributed by atoms with Gasteiger partial charge in [0.2, 0.25) is 47.3 Å². The van der Waals surface area contributed by atoms with E-state index in [4.69, 9.17) is 5.73 Å². The summed E-state index contributed by atoms with van der Waals surface area (Å²) in [6, 6.07) is -1.04. The second kappa shape index (κ2) is 27.6. The van der Waals surface area contributed by atoms with Gasteiger partial charge < -0.3 is 58.5 Å². The highest BCUT2D eigenvalue weighted by Crippen LogP contribution is 2.12. The monoisotopic (exact) mass is 893 g/mol. The second-order valence-corrected chi connectivity index (χ2v) is 16.2. The predicted octanol–water partition coefficient (Wildman–Crippen LogP) is -1.75. The highest BCUT2D eigenvalue weighted by molar-refractivity contribution is 7.80. The number of carbonyl (C=O) groups is 9. The van der Waals surface area contributed by atoms with Crippen molar-refractivity contribution in [3.05, 3.63) is 35.9 Å². The number of benzene rings is 1.